The van der Waals surface area contributed by atoms with Crippen LogP contribution in [-0.4, -0.2) is 42.1 Å². The molecule has 1 aromatic heterocycles. The Morgan fingerprint density at radius 1 is 1.10 bits per heavy atom. The van der Waals surface area contributed by atoms with Gasteiger partial charge in [-0.1, -0.05) is 29.8 Å². The van der Waals surface area contributed by atoms with Gasteiger partial charge in [-0.2, -0.15) is 4.98 Å². The molecule has 0 atom stereocenters. The Balaban J connectivity index is 1.55. The van der Waals surface area contributed by atoms with Crippen LogP contribution < -0.4 is 26.6 Å². The van der Waals surface area contributed by atoms with Gasteiger partial charge in [0.15, 0.2) is 5.82 Å². The fraction of sp³-hybridized carbons (Fsp3) is 0.190. The van der Waals surface area contributed by atoms with Crippen LogP contribution in [0.4, 0.5) is 28.8 Å². The summed E-state index contributed by atoms with van der Waals surface area (Å²) in [6.45, 7) is 4.24. The molecule has 0 aliphatic carbocycles. The number of amides is 1. The minimum Gasteiger partial charge on any atom is -0.366 e. The van der Waals surface area contributed by atoms with E-state index >= 15 is 0 Å². The zero-order valence-electron chi connectivity index (χ0n) is 16.3. The average molecular weight is 425 g/mol. The van der Waals surface area contributed by atoms with Crippen molar-refractivity contribution in [1.82, 2.24) is 9.97 Å². The van der Waals surface area contributed by atoms with Crippen LogP contribution in [0.1, 0.15) is 10.4 Å². The predicted molar refractivity (Wildman–Crippen MR) is 119 cm³/mol. The first-order chi connectivity index (χ1) is 14.6. The molecule has 2 heterocycles. The molecule has 4 rings (SSSR count). The highest BCUT2D eigenvalue weighted by atomic mass is 35.5. The Labute approximate surface area is 179 Å². The minimum atomic E-state index is -0.534. The van der Waals surface area contributed by atoms with E-state index in [0.29, 0.717) is 28.0 Å². The summed E-state index contributed by atoms with van der Waals surface area (Å²) in [4.78, 5) is 22.8. The standard InChI is InChI=1S/C21H22ClN7O/c22-17-13-25-21(28-20(17)27-18-7-2-1-6-16(18)19(23)30)26-14-4-3-5-15(12-14)29-10-8-24-9-11-29/h1-7,12-13,24H,8-11H2,(H2,23,30)(H2,25,26,27,28)/p+1. The number of anilines is 5. The predicted octanol–water partition coefficient (Wildman–Crippen LogP) is 2.10. The second-order valence-corrected chi connectivity index (χ2v) is 7.36. The van der Waals surface area contributed by atoms with E-state index in [9.17, 15) is 4.79 Å². The molecule has 1 amide bonds. The number of para-hydroxylation sites is 1. The zero-order chi connectivity index (χ0) is 20.9. The van der Waals surface area contributed by atoms with E-state index in [2.05, 4.69) is 43.0 Å². The summed E-state index contributed by atoms with van der Waals surface area (Å²) in [5.41, 5.74) is 8.38. The summed E-state index contributed by atoms with van der Waals surface area (Å²) >= 11 is 6.27. The van der Waals surface area contributed by atoms with Crippen molar-refractivity contribution in [2.24, 2.45) is 5.73 Å². The molecular weight excluding hydrogens is 402 g/mol. The molecule has 0 bridgehead atoms. The number of hydrogen-bond donors (Lipinski definition) is 4. The van der Waals surface area contributed by atoms with Crippen LogP contribution in [0.5, 0.6) is 0 Å². The van der Waals surface area contributed by atoms with Gasteiger partial charge in [0.2, 0.25) is 5.95 Å². The van der Waals surface area contributed by atoms with Crippen molar-refractivity contribution in [2.75, 3.05) is 41.7 Å². The SMILES string of the molecule is NC(=O)c1ccccc1Nc1nc(Nc2cccc(N3CC[NH2+]CC3)c2)ncc1Cl. The number of primary amides is 1. The van der Waals surface area contributed by atoms with Crippen LogP contribution in [0.3, 0.4) is 0 Å². The number of nitrogens with two attached hydrogens (primary N) is 2. The van der Waals surface area contributed by atoms with Crippen molar-refractivity contribution in [2.45, 2.75) is 0 Å². The maximum absolute atomic E-state index is 11.7. The molecule has 8 nitrogen and oxygen atoms in total. The monoisotopic (exact) mass is 424 g/mol. The number of carbonyl (C=O) groups is 1. The maximum atomic E-state index is 11.7. The molecule has 154 valence electrons. The van der Waals surface area contributed by atoms with Gasteiger partial charge in [-0.15, -0.1) is 0 Å². The maximum Gasteiger partial charge on any atom is 0.250 e. The summed E-state index contributed by atoms with van der Waals surface area (Å²) < 4.78 is 0. The quantitative estimate of drug-likeness (QED) is 0.482. The van der Waals surface area contributed by atoms with Crippen molar-refractivity contribution in [3.05, 3.63) is 65.3 Å². The highest BCUT2D eigenvalue weighted by molar-refractivity contribution is 6.33. The van der Waals surface area contributed by atoms with Gasteiger partial charge < -0.3 is 26.6 Å². The molecule has 0 unspecified atom stereocenters. The van der Waals surface area contributed by atoms with Gasteiger partial charge in [-0.05, 0) is 30.3 Å². The van der Waals surface area contributed by atoms with E-state index in [0.717, 1.165) is 37.6 Å². The van der Waals surface area contributed by atoms with Gasteiger partial charge in [0.25, 0.3) is 5.91 Å². The number of rotatable bonds is 6. The number of quaternary nitrogens is 1. The number of nitrogens with one attached hydrogen (secondary N) is 2. The van der Waals surface area contributed by atoms with Crippen molar-refractivity contribution >= 4 is 46.3 Å². The third kappa shape index (κ3) is 4.61. The summed E-state index contributed by atoms with van der Waals surface area (Å²) in [6, 6.07) is 15.1. The van der Waals surface area contributed by atoms with E-state index in [1.807, 2.05) is 12.1 Å². The Kier molecular flexibility index (Phi) is 5.97. The molecule has 2 aromatic carbocycles. The number of aromatic nitrogens is 2. The van der Waals surface area contributed by atoms with Gasteiger partial charge in [-0.3, -0.25) is 4.79 Å². The molecular formula is C21H23ClN7O+. The molecule has 3 aromatic rings. The highest BCUT2D eigenvalue weighted by Gasteiger charge is 2.14. The third-order valence-electron chi connectivity index (χ3n) is 4.86. The topological polar surface area (TPSA) is 113 Å². The first-order valence-electron chi connectivity index (χ1n) is 9.72. The number of nitrogens with zero attached hydrogens (tertiary/aromatic N) is 3. The van der Waals surface area contributed by atoms with Crippen LogP contribution in [0.2, 0.25) is 5.02 Å². The van der Waals surface area contributed by atoms with Gasteiger partial charge in [0.05, 0.1) is 43.6 Å². The lowest BCUT2D eigenvalue weighted by Gasteiger charge is -2.27. The molecule has 9 heteroatoms. The molecule has 30 heavy (non-hydrogen) atoms. The van der Waals surface area contributed by atoms with E-state index in [1.54, 1.807) is 24.3 Å². The lowest BCUT2D eigenvalue weighted by molar-refractivity contribution is -0.655. The number of piperazine rings is 1. The molecule has 1 aliphatic heterocycles. The summed E-state index contributed by atoms with van der Waals surface area (Å²) in [5, 5.41) is 8.96. The van der Waals surface area contributed by atoms with Gasteiger partial charge in [-0.25, -0.2) is 4.98 Å². The van der Waals surface area contributed by atoms with Gasteiger partial charge >= 0.3 is 0 Å². The molecule has 1 aliphatic rings. The highest BCUT2D eigenvalue weighted by Crippen LogP contribution is 2.27. The van der Waals surface area contributed by atoms with Crippen molar-refractivity contribution in [1.29, 1.82) is 0 Å². The molecule has 1 saturated heterocycles. The molecule has 1 fully saturated rings. The Morgan fingerprint density at radius 2 is 1.90 bits per heavy atom. The second kappa shape index (κ2) is 8.98. The average Bonchev–Trinajstić information content (AvgIpc) is 2.77. The first kappa shape index (κ1) is 19.9. The van der Waals surface area contributed by atoms with Crippen LogP contribution in [0.25, 0.3) is 0 Å². The van der Waals surface area contributed by atoms with E-state index in [1.165, 1.54) is 6.20 Å². The fourth-order valence-electron chi connectivity index (χ4n) is 3.37. The molecule has 0 radical (unpaired) electrons. The fourth-order valence-corrected chi connectivity index (χ4v) is 3.51. The normalized spacial score (nSPS) is 13.7. The number of carbonyl (C=O) groups excluding carboxylic acids is 1. The zero-order valence-corrected chi connectivity index (χ0v) is 17.1. The number of halogens is 1. The van der Waals surface area contributed by atoms with Crippen LogP contribution >= 0.6 is 11.6 Å². The Morgan fingerprint density at radius 3 is 2.70 bits per heavy atom. The van der Waals surface area contributed by atoms with Gasteiger partial charge in [0.1, 0.15) is 5.02 Å². The van der Waals surface area contributed by atoms with E-state index in [-0.39, 0.29) is 0 Å². The van der Waals surface area contributed by atoms with Crippen LogP contribution in [-0.2, 0) is 0 Å². The Hall–Kier alpha value is -3.36. The Bertz CT molecular complexity index is 1050. The van der Waals surface area contributed by atoms with E-state index in [4.69, 9.17) is 17.3 Å². The lowest BCUT2D eigenvalue weighted by atomic mass is 10.1. The van der Waals surface area contributed by atoms with Crippen LogP contribution in [0, 0.1) is 0 Å². The number of hydrogen-bond acceptors (Lipinski definition) is 6. The smallest absolute Gasteiger partial charge is 0.250 e. The van der Waals surface area contributed by atoms with Crippen molar-refractivity contribution < 1.29 is 10.1 Å². The number of benzene rings is 2. The lowest BCUT2D eigenvalue weighted by Crippen LogP contribution is -2.89. The molecule has 6 N–H and O–H groups in total. The minimum absolute atomic E-state index is 0.332. The van der Waals surface area contributed by atoms with Gasteiger partial charge in [0, 0.05) is 11.4 Å². The summed E-state index contributed by atoms with van der Waals surface area (Å²) in [7, 11) is 0. The van der Waals surface area contributed by atoms with E-state index < -0.39 is 5.91 Å². The molecule has 0 saturated carbocycles. The summed E-state index contributed by atoms with van der Waals surface area (Å²) in [6.07, 6.45) is 1.51. The van der Waals surface area contributed by atoms with Crippen molar-refractivity contribution in [3.63, 3.8) is 0 Å². The molecule has 0 spiro atoms. The summed E-state index contributed by atoms with van der Waals surface area (Å²) in [5.74, 6) is 0.238. The van der Waals surface area contributed by atoms with Crippen LogP contribution in [0.15, 0.2) is 54.7 Å². The third-order valence-corrected chi connectivity index (χ3v) is 5.14. The van der Waals surface area contributed by atoms with Crippen molar-refractivity contribution in [3.8, 4) is 0 Å². The second-order valence-electron chi connectivity index (χ2n) is 6.95. The first-order valence-corrected chi connectivity index (χ1v) is 10.1. The largest absolute Gasteiger partial charge is 0.366 e.